The van der Waals surface area contributed by atoms with Crippen molar-refractivity contribution in [3.8, 4) is 5.75 Å². The van der Waals surface area contributed by atoms with Crippen LogP contribution in [-0.4, -0.2) is 6.54 Å². The van der Waals surface area contributed by atoms with E-state index in [2.05, 4.69) is 29.8 Å². The molecule has 0 unspecified atom stereocenters. The number of thiophene rings is 1. The van der Waals surface area contributed by atoms with Crippen LogP contribution < -0.4 is 10.1 Å². The smallest absolute Gasteiger partial charge is 0.138 e. The maximum absolute atomic E-state index is 6.23. The predicted molar refractivity (Wildman–Crippen MR) is 82.1 cm³/mol. The topological polar surface area (TPSA) is 21.3 Å². The second kappa shape index (κ2) is 7.53. The van der Waals surface area contributed by atoms with Crippen molar-refractivity contribution in [2.24, 2.45) is 0 Å². The van der Waals surface area contributed by atoms with Crippen LogP contribution in [0.5, 0.6) is 5.75 Å². The largest absolute Gasteiger partial charge is 0.487 e. The molecule has 0 aliphatic carbocycles. The highest BCUT2D eigenvalue weighted by Crippen LogP contribution is 2.26. The molecule has 0 fully saturated rings. The van der Waals surface area contributed by atoms with E-state index in [1.807, 2.05) is 17.5 Å². The summed E-state index contributed by atoms with van der Waals surface area (Å²) in [6.45, 7) is 4.59. The lowest BCUT2D eigenvalue weighted by Crippen LogP contribution is -2.13. The molecule has 1 aromatic carbocycles. The first-order valence-electron chi connectivity index (χ1n) is 6.42. The van der Waals surface area contributed by atoms with Crippen LogP contribution in [0.3, 0.4) is 0 Å². The van der Waals surface area contributed by atoms with Crippen LogP contribution >= 0.6 is 22.9 Å². The standard InChI is InChI=1S/C15H18ClNOS/c1-2-6-17-9-12-3-4-15(14(16)8-12)18-10-13-5-7-19-11-13/h3-5,7-8,11,17H,2,6,9-10H2,1H3. The number of ether oxygens (including phenoxy) is 1. The fourth-order valence-electron chi connectivity index (χ4n) is 1.72. The molecular weight excluding hydrogens is 278 g/mol. The van der Waals surface area contributed by atoms with E-state index < -0.39 is 0 Å². The molecule has 0 aliphatic heterocycles. The van der Waals surface area contributed by atoms with Gasteiger partial charge >= 0.3 is 0 Å². The van der Waals surface area contributed by atoms with Crippen LogP contribution in [0.1, 0.15) is 24.5 Å². The maximum Gasteiger partial charge on any atom is 0.138 e. The molecule has 0 atom stereocenters. The average molecular weight is 296 g/mol. The fourth-order valence-corrected chi connectivity index (χ4v) is 2.63. The van der Waals surface area contributed by atoms with Crippen LogP contribution in [0.25, 0.3) is 0 Å². The van der Waals surface area contributed by atoms with Gasteiger partial charge in [0.2, 0.25) is 0 Å². The Morgan fingerprint density at radius 1 is 1.26 bits per heavy atom. The van der Waals surface area contributed by atoms with Crippen molar-refractivity contribution in [1.29, 1.82) is 0 Å². The van der Waals surface area contributed by atoms with Crippen LogP contribution in [0, 0.1) is 0 Å². The van der Waals surface area contributed by atoms with Crippen molar-refractivity contribution in [2.45, 2.75) is 26.5 Å². The lowest BCUT2D eigenvalue weighted by Gasteiger charge is -2.09. The normalized spacial score (nSPS) is 10.6. The van der Waals surface area contributed by atoms with E-state index in [9.17, 15) is 0 Å². The Bertz CT molecular complexity index is 499. The zero-order valence-electron chi connectivity index (χ0n) is 11.0. The molecule has 1 heterocycles. The number of hydrogen-bond donors (Lipinski definition) is 1. The number of rotatable bonds is 7. The summed E-state index contributed by atoms with van der Waals surface area (Å²) in [4.78, 5) is 0. The van der Waals surface area contributed by atoms with Crippen LogP contribution in [-0.2, 0) is 13.2 Å². The zero-order chi connectivity index (χ0) is 13.5. The Morgan fingerprint density at radius 3 is 2.84 bits per heavy atom. The molecule has 0 saturated heterocycles. The molecule has 4 heteroatoms. The van der Waals surface area contributed by atoms with Gasteiger partial charge in [-0.2, -0.15) is 11.3 Å². The molecule has 1 N–H and O–H groups in total. The van der Waals surface area contributed by atoms with E-state index in [0.29, 0.717) is 11.6 Å². The highest BCUT2D eigenvalue weighted by atomic mass is 35.5. The van der Waals surface area contributed by atoms with Gasteiger partial charge in [-0.05, 0) is 53.1 Å². The van der Waals surface area contributed by atoms with Gasteiger partial charge in [0.15, 0.2) is 0 Å². The van der Waals surface area contributed by atoms with Gasteiger partial charge < -0.3 is 10.1 Å². The van der Waals surface area contributed by atoms with E-state index in [-0.39, 0.29) is 0 Å². The Kier molecular flexibility index (Phi) is 5.70. The van der Waals surface area contributed by atoms with Gasteiger partial charge in [0.05, 0.1) is 5.02 Å². The van der Waals surface area contributed by atoms with Crippen molar-refractivity contribution < 1.29 is 4.74 Å². The van der Waals surface area contributed by atoms with Crippen molar-refractivity contribution >= 4 is 22.9 Å². The number of nitrogens with one attached hydrogen (secondary N) is 1. The second-order valence-electron chi connectivity index (χ2n) is 4.36. The fraction of sp³-hybridized carbons (Fsp3) is 0.333. The molecule has 2 rings (SSSR count). The molecule has 0 saturated carbocycles. The summed E-state index contributed by atoms with van der Waals surface area (Å²) in [5.74, 6) is 0.743. The first kappa shape index (κ1) is 14.4. The van der Waals surface area contributed by atoms with Gasteiger partial charge in [-0.1, -0.05) is 24.6 Å². The van der Waals surface area contributed by atoms with Gasteiger partial charge in [0.25, 0.3) is 0 Å². The van der Waals surface area contributed by atoms with Crippen molar-refractivity contribution in [3.05, 3.63) is 51.2 Å². The lowest BCUT2D eigenvalue weighted by molar-refractivity contribution is 0.307. The van der Waals surface area contributed by atoms with Gasteiger partial charge in [0.1, 0.15) is 12.4 Å². The minimum Gasteiger partial charge on any atom is -0.487 e. The van der Waals surface area contributed by atoms with E-state index >= 15 is 0 Å². The van der Waals surface area contributed by atoms with Crippen molar-refractivity contribution in [2.75, 3.05) is 6.54 Å². The maximum atomic E-state index is 6.23. The summed E-state index contributed by atoms with van der Waals surface area (Å²) < 4.78 is 5.72. The Hall–Kier alpha value is -1.03. The zero-order valence-corrected chi connectivity index (χ0v) is 12.6. The summed E-state index contributed by atoms with van der Waals surface area (Å²) in [5.41, 5.74) is 2.36. The summed E-state index contributed by atoms with van der Waals surface area (Å²) in [6.07, 6.45) is 1.13. The summed E-state index contributed by atoms with van der Waals surface area (Å²) >= 11 is 7.90. The molecular formula is C15H18ClNOS. The summed E-state index contributed by atoms with van der Waals surface area (Å²) in [5, 5.41) is 8.15. The summed E-state index contributed by atoms with van der Waals surface area (Å²) in [7, 11) is 0. The van der Waals surface area contributed by atoms with Crippen LogP contribution in [0.15, 0.2) is 35.0 Å². The number of benzene rings is 1. The average Bonchev–Trinajstić information content (AvgIpc) is 2.91. The SMILES string of the molecule is CCCNCc1ccc(OCc2ccsc2)c(Cl)c1. The molecule has 102 valence electrons. The van der Waals surface area contributed by atoms with Gasteiger partial charge in [-0.3, -0.25) is 0 Å². The van der Waals surface area contributed by atoms with Crippen LogP contribution in [0.2, 0.25) is 5.02 Å². The molecule has 1 aromatic heterocycles. The second-order valence-corrected chi connectivity index (χ2v) is 5.55. The molecule has 0 spiro atoms. The van der Waals surface area contributed by atoms with Crippen molar-refractivity contribution in [3.63, 3.8) is 0 Å². The first-order valence-corrected chi connectivity index (χ1v) is 7.74. The van der Waals surface area contributed by atoms with E-state index in [0.717, 1.165) is 25.3 Å². The number of hydrogen-bond acceptors (Lipinski definition) is 3. The highest BCUT2D eigenvalue weighted by Gasteiger charge is 2.04. The first-order chi connectivity index (χ1) is 9.29. The quantitative estimate of drug-likeness (QED) is 0.761. The van der Waals surface area contributed by atoms with E-state index in [4.69, 9.17) is 16.3 Å². The monoisotopic (exact) mass is 295 g/mol. The minimum atomic E-state index is 0.566. The molecule has 0 aliphatic rings. The lowest BCUT2D eigenvalue weighted by atomic mass is 10.2. The van der Waals surface area contributed by atoms with E-state index in [1.165, 1.54) is 11.1 Å². The van der Waals surface area contributed by atoms with Gasteiger partial charge in [0, 0.05) is 6.54 Å². The molecule has 2 nitrogen and oxygen atoms in total. The Morgan fingerprint density at radius 2 is 2.16 bits per heavy atom. The third-order valence-corrected chi connectivity index (χ3v) is 3.75. The number of halogens is 1. The van der Waals surface area contributed by atoms with Crippen molar-refractivity contribution in [1.82, 2.24) is 5.32 Å². The Balaban J connectivity index is 1.91. The molecule has 0 bridgehead atoms. The molecule has 19 heavy (non-hydrogen) atoms. The van der Waals surface area contributed by atoms with E-state index in [1.54, 1.807) is 11.3 Å². The van der Waals surface area contributed by atoms with Gasteiger partial charge in [-0.25, -0.2) is 0 Å². The highest BCUT2D eigenvalue weighted by molar-refractivity contribution is 7.07. The van der Waals surface area contributed by atoms with Crippen LogP contribution in [0.4, 0.5) is 0 Å². The molecule has 2 aromatic rings. The molecule has 0 amide bonds. The Labute approximate surface area is 123 Å². The summed E-state index contributed by atoms with van der Waals surface area (Å²) in [6, 6.07) is 8.02. The third-order valence-electron chi connectivity index (χ3n) is 2.73. The predicted octanol–water partition coefficient (Wildman–Crippen LogP) is 4.48. The van der Waals surface area contributed by atoms with Gasteiger partial charge in [-0.15, -0.1) is 0 Å². The third kappa shape index (κ3) is 4.53. The minimum absolute atomic E-state index is 0.566. The molecule has 0 radical (unpaired) electrons.